The monoisotopic (exact) mass is 358 g/mol. The van der Waals surface area contributed by atoms with Gasteiger partial charge in [-0.1, -0.05) is 35.9 Å². The van der Waals surface area contributed by atoms with Crippen molar-refractivity contribution in [3.63, 3.8) is 0 Å². The quantitative estimate of drug-likeness (QED) is 0.647. The lowest BCUT2D eigenvalue weighted by Gasteiger charge is -2.08. The molecule has 0 radical (unpaired) electrons. The van der Waals surface area contributed by atoms with Crippen molar-refractivity contribution in [2.45, 2.75) is 26.6 Å². The number of halogens is 1. The van der Waals surface area contributed by atoms with Crippen LogP contribution < -0.4 is 10.1 Å². The number of nitrogens with zero attached hydrogens (tertiary/aromatic N) is 1. The van der Waals surface area contributed by atoms with E-state index in [-0.39, 0.29) is 0 Å². The highest BCUT2D eigenvalue weighted by Gasteiger charge is 2.00. The number of aromatic nitrogens is 1. The molecule has 0 fully saturated rings. The molecule has 3 aromatic rings. The molecule has 0 saturated carbocycles. The number of rotatable bonds is 7. The molecule has 0 bridgehead atoms. The minimum atomic E-state index is 0.515. The highest BCUT2D eigenvalue weighted by molar-refractivity contribution is 7.09. The largest absolute Gasteiger partial charge is 0.489 e. The molecule has 0 amide bonds. The predicted molar refractivity (Wildman–Crippen MR) is 99.6 cm³/mol. The molecule has 24 heavy (non-hydrogen) atoms. The van der Waals surface area contributed by atoms with Crippen LogP contribution >= 0.6 is 22.9 Å². The summed E-state index contributed by atoms with van der Waals surface area (Å²) < 4.78 is 5.79. The molecule has 124 valence electrons. The second-order valence-electron chi connectivity index (χ2n) is 5.55. The van der Waals surface area contributed by atoms with Crippen LogP contribution in [0.2, 0.25) is 5.02 Å². The number of hydrogen-bond acceptors (Lipinski definition) is 4. The van der Waals surface area contributed by atoms with E-state index in [1.54, 1.807) is 11.3 Å². The number of benzene rings is 2. The number of aryl methyl sites for hydroxylation is 1. The highest BCUT2D eigenvalue weighted by Crippen LogP contribution is 2.16. The maximum atomic E-state index is 5.98. The van der Waals surface area contributed by atoms with Crippen molar-refractivity contribution < 1.29 is 4.74 Å². The molecule has 1 aromatic heterocycles. The van der Waals surface area contributed by atoms with Crippen molar-refractivity contribution in [3.05, 3.63) is 80.8 Å². The van der Waals surface area contributed by atoms with E-state index < -0.39 is 0 Å². The van der Waals surface area contributed by atoms with Crippen LogP contribution in [0.1, 0.15) is 21.8 Å². The maximum absolute atomic E-state index is 5.98. The Morgan fingerprint density at radius 2 is 1.92 bits per heavy atom. The molecule has 1 heterocycles. The summed E-state index contributed by atoms with van der Waals surface area (Å²) >= 11 is 7.66. The van der Waals surface area contributed by atoms with Crippen LogP contribution in [0, 0.1) is 6.92 Å². The Labute approximate surface area is 151 Å². The summed E-state index contributed by atoms with van der Waals surface area (Å²) in [7, 11) is 0. The standard InChI is InChI=1S/C19H19ClN2OS/c1-14-13-24-19(22-14)11-21-10-15-5-7-18(8-6-15)23-12-16-3-2-4-17(20)9-16/h2-9,13,21H,10-12H2,1H3. The van der Waals surface area contributed by atoms with Gasteiger partial charge in [-0.2, -0.15) is 0 Å². The smallest absolute Gasteiger partial charge is 0.119 e. The van der Waals surface area contributed by atoms with Crippen molar-refractivity contribution >= 4 is 22.9 Å². The Morgan fingerprint density at radius 1 is 1.08 bits per heavy atom. The van der Waals surface area contributed by atoms with E-state index in [4.69, 9.17) is 16.3 Å². The fraction of sp³-hybridized carbons (Fsp3) is 0.211. The lowest BCUT2D eigenvalue weighted by Crippen LogP contribution is -2.12. The Kier molecular flexibility index (Phi) is 5.86. The van der Waals surface area contributed by atoms with Crippen molar-refractivity contribution in [1.29, 1.82) is 0 Å². The van der Waals surface area contributed by atoms with Crippen LogP contribution in [0.5, 0.6) is 5.75 Å². The number of nitrogens with one attached hydrogen (secondary N) is 1. The van der Waals surface area contributed by atoms with Gasteiger partial charge in [0, 0.05) is 29.2 Å². The van der Waals surface area contributed by atoms with E-state index in [0.717, 1.165) is 40.1 Å². The summed E-state index contributed by atoms with van der Waals surface area (Å²) in [5.74, 6) is 0.856. The summed E-state index contributed by atoms with van der Waals surface area (Å²) in [6.07, 6.45) is 0. The first kappa shape index (κ1) is 17.0. The van der Waals surface area contributed by atoms with Gasteiger partial charge in [-0.3, -0.25) is 0 Å². The Hall–Kier alpha value is -1.88. The third-order valence-corrected chi connectivity index (χ3v) is 4.69. The minimum Gasteiger partial charge on any atom is -0.489 e. The van der Waals surface area contributed by atoms with Crippen molar-refractivity contribution in [3.8, 4) is 5.75 Å². The molecular formula is C19H19ClN2OS. The molecule has 3 rings (SSSR count). The normalized spacial score (nSPS) is 10.8. The van der Waals surface area contributed by atoms with Gasteiger partial charge in [0.25, 0.3) is 0 Å². The molecule has 1 N–H and O–H groups in total. The van der Waals surface area contributed by atoms with Gasteiger partial charge in [-0.05, 0) is 42.3 Å². The zero-order valence-corrected chi connectivity index (χ0v) is 15.0. The minimum absolute atomic E-state index is 0.515. The highest BCUT2D eigenvalue weighted by atomic mass is 35.5. The van der Waals surface area contributed by atoms with Crippen molar-refractivity contribution in [2.24, 2.45) is 0 Å². The van der Waals surface area contributed by atoms with Crippen LogP contribution in [0.15, 0.2) is 53.9 Å². The van der Waals surface area contributed by atoms with Gasteiger partial charge in [-0.15, -0.1) is 11.3 Å². The second kappa shape index (κ2) is 8.29. The lowest BCUT2D eigenvalue weighted by molar-refractivity contribution is 0.306. The van der Waals surface area contributed by atoms with E-state index >= 15 is 0 Å². The van der Waals surface area contributed by atoms with E-state index in [1.165, 1.54) is 5.56 Å². The molecule has 0 aliphatic heterocycles. The van der Waals surface area contributed by atoms with Crippen LogP contribution in [-0.2, 0) is 19.7 Å². The summed E-state index contributed by atoms with van der Waals surface area (Å²) in [4.78, 5) is 4.44. The molecule has 0 saturated heterocycles. The van der Waals surface area contributed by atoms with E-state index in [0.29, 0.717) is 6.61 Å². The van der Waals surface area contributed by atoms with Gasteiger partial charge in [-0.25, -0.2) is 4.98 Å². The second-order valence-corrected chi connectivity index (χ2v) is 6.93. The van der Waals surface area contributed by atoms with Gasteiger partial charge < -0.3 is 10.1 Å². The Morgan fingerprint density at radius 3 is 2.62 bits per heavy atom. The fourth-order valence-corrected chi connectivity index (χ4v) is 3.25. The molecule has 0 aliphatic rings. The van der Waals surface area contributed by atoms with Crippen LogP contribution in [0.3, 0.4) is 0 Å². The van der Waals surface area contributed by atoms with E-state index in [1.807, 2.05) is 43.3 Å². The summed E-state index contributed by atoms with van der Waals surface area (Å²) in [6, 6.07) is 15.9. The van der Waals surface area contributed by atoms with Gasteiger partial charge in [0.05, 0.1) is 0 Å². The SMILES string of the molecule is Cc1csc(CNCc2ccc(OCc3cccc(Cl)c3)cc2)n1. The third-order valence-electron chi connectivity index (χ3n) is 3.49. The molecule has 0 aliphatic carbocycles. The predicted octanol–water partition coefficient (Wildman–Crippen LogP) is 4.97. The molecule has 0 unspecified atom stereocenters. The number of ether oxygens (including phenoxy) is 1. The van der Waals surface area contributed by atoms with Crippen LogP contribution in [0.25, 0.3) is 0 Å². The summed E-state index contributed by atoms with van der Waals surface area (Å²) in [6.45, 7) is 4.14. The third kappa shape index (κ3) is 5.06. The summed E-state index contributed by atoms with van der Waals surface area (Å²) in [5.41, 5.74) is 3.36. The molecule has 5 heteroatoms. The first-order valence-electron chi connectivity index (χ1n) is 7.77. The van der Waals surface area contributed by atoms with Gasteiger partial charge in [0.1, 0.15) is 17.4 Å². The molecule has 3 nitrogen and oxygen atoms in total. The van der Waals surface area contributed by atoms with E-state index in [2.05, 4.69) is 27.8 Å². The molecule has 0 spiro atoms. The van der Waals surface area contributed by atoms with Gasteiger partial charge in [0.15, 0.2) is 0 Å². The Bertz CT molecular complexity index is 786. The zero-order valence-electron chi connectivity index (χ0n) is 13.5. The molecule has 2 aromatic carbocycles. The summed E-state index contributed by atoms with van der Waals surface area (Å²) in [5, 5.41) is 7.33. The first-order chi connectivity index (χ1) is 11.7. The number of thiazole rings is 1. The van der Waals surface area contributed by atoms with E-state index in [9.17, 15) is 0 Å². The topological polar surface area (TPSA) is 34.1 Å². The average Bonchev–Trinajstić information content (AvgIpc) is 3.00. The van der Waals surface area contributed by atoms with Gasteiger partial charge >= 0.3 is 0 Å². The van der Waals surface area contributed by atoms with Crippen LogP contribution in [0.4, 0.5) is 0 Å². The van der Waals surface area contributed by atoms with Crippen LogP contribution in [-0.4, -0.2) is 4.98 Å². The molecule has 0 atom stereocenters. The average molecular weight is 359 g/mol. The van der Waals surface area contributed by atoms with Crippen molar-refractivity contribution in [1.82, 2.24) is 10.3 Å². The van der Waals surface area contributed by atoms with Crippen molar-refractivity contribution in [2.75, 3.05) is 0 Å². The first-order valence-corrected chi connectivity index (χ1v) is 9.03. The lowest BCUT2D eigenvalue weighted by atomic mass is 10.2. The molecular weight excluding hydrogens is 340 g/mol. The Balaban J connectivity index is 1.46. The maximum Gasteiger partial charge on any atom is 0.119 e. The zero-order chi connectivity index (χ0) is 16.8. The number of hydrogen-bond donors (Lipinski definition) is 1. The van der Waals surface area contributed by atoms with Gasteiger partial charge in [0.2, 0.25) is 0 Å². The fourth-order valence-electron chi connectivity index (χ4n) is 2.29.